The largest absolute Gasteiger partial charge is 0.573 e. The summed E-state index contributed by atoms with van der Waals surface area (Å²) in [5, 5.41) is 2.80. The van der Waals surface area contributed by atoms with E-state index in [4.69, 9.17) is 10.5 Å². The Morgan fingerprint density at radius 3 is 2.38 bits per heavy atom. The van der Waals surface area contributed by atoms with Crippen LogP contribution in [0.15, 0.2) is 76.1 Å². The molecule has 0 aromatic heterocycles. The average molecular weight is 529 g/mol. The standard InChI is InChI=1S/C15H15BrN2O2.C7H5F3OS/c1-20-12-4-2-3-10(7-12)8-15(19)18-14-9-11(16)5-6-13(14)17;8-7(9,10)11-5-1-3-6(12)4-2-5/h2-7,9H,8,17H2,1H3,(H,18,19);1-4,12H. The van der Waals surface area contributed by atoms with E-state index in [9.17, 15) is 18.0 Å². The van der Waals surface area contributed by atoms with Crippen LogP contribution in [0.4, 0.5) is 24.5 Å². The first-order valence-electron chi connectivity index (χ1n) is 9.08. The number of rotatable bonds is 5. The van der Waals surface area contributed by atoms with Gasteiger partial charge in [0.15, 0.2) is 0 Å². The molecule has 170 valence electrons. The van der Waals surface area contributed by atoms with Gasteiger partial charge in [-0.15, -0.1) is 25.8 Å². The first-order valence-corrected chi connectivity index (χ1v) is 10.3. The van der Waals surface area contributed by atoms with Crippen molar-refractivity contribution in [2.45, 2.75) is 17.7 Å². The average Bonchev–Trinajstić information content (AvgIpc) is 2.72. The molecular formula is C22H20BrF3N2O3S. The van der Waals surface area contributed by atoms with Crippen LogP contribution in [0.1, 0.15) is 5.56 Å². The molecule has 0 saturated carbocycles. The van der Waals surface area contributed by atoms with Crippen LogP contribution in [-0.2, 0) is 11.2 Å². The number of hydrogen-bond donors (Lipinski definition) is 3. The Bertz CT molecular complexity index is 1050. The van der Waals surface area contributed by atoms with E-state index in [-0.39, 0.29) is 18.1 Å². The number of nitrogens with two attached hydrogens (primary N) is 1. The minimum Gasteiger partial charge on any atom is -0.497 e. The molecule has 3 rings (SSSR count). The maximum absolute atomic E-state index is 12.0. The van der Waals surface area contributed by atoms with Crippen LogP contribution in [0.25, 0.3) is 0 Å². The summed E-state index contributed by atoms with van der Waals surface area (Å²) >= 11 is 7.25. The monoisotopic (exact) mass is 528 g/mol. The summed E-state index contributed by atoms with van der Waals surface area (Å²) in [7, 11) is 1.60. The van der Waals surface area contributed by atoms with Gasteiger partial charge in [-0.05, 0) is 60.2 Å². The summed E-state index contributed by atoms with van der Waals surface area (Å²) in [6.07, 6.45) is -4.36. The molecule has 0 aliphatic rings. The van der Waals surface area contributed by atoms with Crippen molar-refractivity contribution in [3.8, 4) is 11.5 Å². The highest BCUT2D eigenvalue weighted by Gasteiger charge is 2.30. The minimum absolute atomic E-state index is 0.122. The van der Waals surface area contributed by atoms with E-state index in [1.54, 1.807) is 19.2 Å². The third-order valence-electron chi connectivity index (χ3n) is 3.86. The van der Waals surface area contributed by atoms with Gasteiger partial charge < -0.3 is 20.5 Å². The molecule has 0 bridgehead atoms. The lowest BCUT2D eigenvalue weighted by Gasteiger charge is -2.09. The van der Waals surface area contributed by atoms with E-state index in [2.05, 4.69) is 38.6 Å². The van der Waals surface area contributed by atoms with E-state index in [1.807, 2.05) is 30.3 Å². The molecule has 3 aromatic rings. The zero-order chi connectivity index (χ0) is 23.7. The maximum Gasteiger partial charge on any atom is 0.573 e. The highest BCUT2D eigenvalue weighted by molar-refractivity contribution is 9.10. The topological polar surface area (TPSA) is 73.6 Å². The zero-order valence-electron chi connectivity index (χ0n) is 16.8. The third kappa shape index (κ3) is 9.11. The Hall–Kier alpha value is -2.85. The second kappa shape index (κ2) is 11.7. The molecule has 3 N–H and O–H groups in total. The number of thiol groups is 1. The van der Waals surface area contributed by atoms with Crippen molar-refractivity contribution < 1.29 is 27.4 Å². The van der Waals surface area contributed by atoms with E-state index in [0.29, 0.717) is 16.3 Å². The molecule has 0 heterocycles. The number of carbonyl (C=O) groups is 1. The number of alkyl halides is 3. The lowest BCUT2D eigenvalue weighted by molar-refractivity contribution is -0.274. The van der Waals surface area contributed by atoms with Crippen LogP contribution in [0.3, 0.4) is 0 Å². The van der Waals surface area contributed by atoms with E-state index >= 15 is 0 Å². The van der Waals surface area contributed by atoms with Crippen LogP contribution in [0.2, 0.25) is 0 Å². The first-order chi connectivity index (χ1) is 15.1. The predicted octanol–water partition coefficient (Wildman–Crippen LogP) is 6.10. The molecular weight excluding hydrogens is 509 g/mol. The second-order valence-electron chi connectivity index (χ2n) is 6.35. The number of benzene rings is 3. The molecule has 0 radical (unpaired) electrons. The fourth-order valence-electron chi connectivity index (χ4n) is 2.45. The van der Waals surface area contributed by atoms with Gasteiger partial charge in [0.25, 0.3) is 0 Å². The maximum atomic E-state index is 12.0. The van der Waals surface area contributed by atoms with Crippen molar-refractivity contribution in [1.29, 1.82) is 0 Å². The van der Waals surface area contributed by atoms with Crippen LogP contribution in [0, 0.1) is 0 Å². The lowest BCUT2D eigenvalue weighted by atomic mass is 10.1. The van der Waals surface area contributed by atoms with Gasteiger partial charge in [0.1, 0.15) is 11.5 Å². The molecule has 0 fully saturated rings. The van der Waals surface area contributed by atoms with E-state index in [0.717, 1.165) is 15.8 Å². The summed E-state index contributed by atoms with van der Waals surface area (Å²) in [5.41, 5.74) is 7.84. The van der Waals surface area contributed by atoms with Crippen molar-refractivity contribution in [2.75, 3.05) is 18.2 Å². The molecule has 0 saturated heterocycles. The second-order valence-corrected chi connectivity index (χ2v) is 7.78. The molecule has 3 aromatic carbocycles. The van der Waals surface area contributed by atoms with E-state index in [1.165, 1.54) is 24.3 Å². The molecule has 10 heteroatoms. The van der Waals surface area contributed by atoms with Crippen molar-refractivity contribution >= 4 is 45.8 Å². The number of carbonyl (C=O) groups excluding carboxylic acids is 1. The Morgan fingerprint density at radius 2 is 1.75 bits per heavy atom. The quantitative estimate of drug-likeness (QED) is 0.276. The van der Waals surface area contributed by atoms with Gasteiger partial charge in [-0.1, -0.05) is 28.1 Å². The molecule has 5 nitrogen and oxygen atoms in total. The summed E-state index contributed by atoms with van der Waals surface area (Å²) in [5.74, 6) is 0.376. The molecule has 0 unspecified atom stereocenters. The van der Waals surface area contributed by atoms with Gasteiger partial charge in [0.05, 0.1) is 24.9 Å². The summed E-state index contributed by atoms with van der Waals surface area (Å²) in [6, 6.07) is 18.0. The van der Waals surface area contributed by atoms with Gasteiger partial charge in [-0.2, -0.15) is 0 Å². The van der Waals surface area contributed by atoms with Crippen LogP contribution in [-0.4, -0.2) is 19.4 Å². The Balaban J connectivity index is 0.000000258. The van der Waals surface area contributed by atoms with Crippen LogP contribution >= 0.6 is 28.6 Å². The molecule has 0 aliphatic carbocycles. The fraction of sp³-hybridized carbons (Fsp3) is 0.136. The Morgan fingerprint density at radius 1 is 1.06 bits per heavy atom. The first kappa shape index (κ1) is 25.4. The normalized spacial score (nSPS) is 10.6. The molecule has 32 heavy (non-hydrogen) atoms. The Labute approximate surface area is 197 Å². The number of methoxy groups -OCH3 is 1. The van der Waals surface area contributed by atoms with Crippen molar-refractivity contribution in [3.63, 3.8) is 0 Å². The predicted molar refractivity (Wildman–Crippen MR) is 124 cm³/mol. The van der Waals surface area contributed by atoms with Gasteiger partial charge in [-0.25, -0.2) is 0 Å². The van der Waals surface area contributed by atoms with Gasteiger partial charge >= 0.3 is 6.36 Å². The summed E-state index contributed by atoms with van der Waals surface area (Å²) < 4.78 is 44.4. The molecule has 0 atom stereocenters. The van der Waals surface area contributed by atoms with Gasteiger partial charge in [-0.3, -0.25) is 4.79 Å². The fourth-order valence-corrected chi connectivity index (χ4v) is 2.96. The lowest BCUT2D eigenvalue weighted by Crippen LogP contribution is -2.16. The van der Waals surface area contributed by atoms with Gasteiger partial charge in [0.2, 0.25) is 5.91 Å². The SMILES string of the molecule is COc1cccc(CC(=O)Nc2cc(Br)ccc2N)c1.FC(F)(F)Oc1ccc(S)cc1. The van der Waals surface area contributed by atoms with E-state index < -0.39 is 6.36 Å². The number of hydrogen-bond acceptors (Lipinski definition) is 5. The number of amides is 1. The zero-order valence-corrected chi connectivity index (χ0v) is 19.3. The minimum atomic E-state index is -4.63. The summed E-state index contributed by atoms with van der Waals surface area (Å²) in [6.45, 7) is 0. The number of ether oxygens (including phenoxy) is 2. The molecule has 0 aliphatic heterocycles. The highest BCUT2D eigenvalue weighted by Crippen LogP contribution is 2.24. The molecule has 1 amide bonds. The highest BCUT2D eigenvalue weighted by atomic mass is 79.9. The van der Waals surface area contributed by atoms with Crippen molar-refractivity contribution in [2.24, 2.45) is 0 Å². The van der Waals surface area contributed by atoms with Crippen molar-refractivity contribution in [1.82, 2.24) is 0 Å². The molecule has 0 spiro atoms. The third-order valence-corrected chi connectivity index (χ3v) is 4.65. The Kier molecular flexibility index (Phi) is 9.27. The number of halogens is 4. The number of anilines is 2. The van der Waals surface area contributed by atoms with Crippen molar-refractivity contribution in [3.05, 3.63) is 76.8 Å². The summed E-state index contributed by atoms with van der Waals surface area (Å²) in [4.78, 5) is 12.6. The number of nitrogen functional groups attached to an aromatic ring is 1. The van der Waals surface area contributed by atoms with Crippen LogP contribution in [0.5, 0.6) is 11.5 Å². The van der Waals surface area contributed by atoms with Gasteiger partial charge in [0, 0.05) is 9.37 Å². The van der Waals surface area contributed by atoms with Crippen LogP contribution < -0.4 is 20.5 Å². The number of nitrogens with one attached hydrogen (secondary N) is 1. The smallest absolute Gasteiger partial charge is 0.497 e.